The van der Waals surface area contributed by atoms with Gasteiger partial charge in [0.05, 0.1) is 0 Å². The lowest BCUT2D eigenvalue weighted by atomic mass is 10.0. The smallest absolute Gasteiger partial charge is 0.0400 e. The Morgan fingerprint density at radius 2 is 1.05 bits per heavy atom. The molecule has 0 aromatic rings. The largest absolute Gasteiger partial charge is 0.303 e. The summed E-state index contributed by atoms with van der Waals surface area (Å²) < 4.78 is 0. The van der Waals surface area contributed by atoms with E-state index in [1.54, 1.807) is 0 Å². The Morgan fingerprint density at radius 3 is 1.75 bits per heavy atom. The lowest BCUT2D eigenvalue weighted by molar-refractivity contribution is 0.260. The van der Waals surface area contributed by atoms with Gasteiger partial charge in [-0.25, -0.2) is 0 Å². The van der Waals surface area contributed by atoms with Crippen LogP contribution in [0.5, 0.6) is 0 Å². The Hall–Kier alpha value is -0.370. The zero-order chi connectivity index (χ0) is 13.9. The van der Waals surface area contributed by atoms with Crippen LogP contribution in [0.15, 0.2) is 4.99 Å². The number of nitrogens with zero attached hydrogens (tertiary/aromatic N) is 2. The molecule has 2 aliphatic rings. The van der Waals surface area contributed by atoms with Crippen LogP contribution in [0.25, 0.3) is 0 Å². The van der Waals surface area contributed by atoms with Gasteiger partial charge >= 0.3 is 0 Å². The summed E-state index contributed by atoms with van der Waals surface area (Å²) >= 11 is 0. The first kappa shape index (κ1) is 16.0. The predicted octanol–water partition coefficient (Wildman–Crippen LogP) is 4.83. The zero-order valence-electron chi connectivity index (χ0n) is 13.4. The van der Waals surface area contributed by atoms with Crippen molar-refractivity contribution in [3.63, 3.8) is 0 Å². The predicted molar refractivity (Wildman–Crippen MR) is 88.8 cm³/mol. The number of rotatable bonds is 0. The highest BCUT2D eigenvalue weighted by Gasteiger charge is 2.08. The Bertz CT molecular complexity index is 273. The summed E-state index contributed by atoms with van der Waals surface area (Å²) in [6, 6.07) is 0. The number of fused-ring (bicyclic) bond motifs is 4. The Labute approximate surface area is 126 Å². The van der Waals surface area contributed by atoms with Gasteiger partial charge in [0.15, 0.2) is 0 Å². The van der Waals surface area contributed by atoms with Gasteiger partial charge in [0.2, 0.25) is 0 Å². The minimum atomic E-state index is 1.08. The third-order valence-corrected chi connectivity index (χ3v) is 4.85. The summed E-state index contributed by atoms with van der Waals surface area (Å²) in [6.07, 6.45) is 18.0. The zero-order valence-corrected chi connectivity index (χ0v) is 13.4. The molecule has 0 saturated heterocycles. The highest BCUT2D eigenvalue weighted by atomic mass is 15.1. The molecule has 0 radical (unpaired) electrons. The molecule has 116 valence electrons. The fourth-order valence-corrected chi connectivity index (χ4v) is 3.54. The Balaban J connectivity index is 1.91. The summed E-state index contributed by atoms with van der Waals surface area (Å²) in [5.74, 6) is 0. The second kappa shape index (κ2) is 10.4. The highest BCUT2D eigenvalue weighted by Crippen LogP contribution is 2.14. The van der Waals surface area contributed by atoms with Crippen LogP contribution in [0.4, 0.5) is 0 Å². The van der Waals surface area contributed by atoms with Gasteiger partial charge in [-0.2, -0.15) is 0 Å². The summed E-state index contributed by atoms with van der Waals surface area (Å²) in [5, 5.41) is 0. The Morgan fingerprint density at radius 1 is 0.550 bits per heavy atom. The van der Waals surface area contributed by atoms with E-state index in [1.807, 2.05) is 0 Å². The molecule has 2 aliphatic heterocycles. The van der Waals surface area contributed by atoms with E-state index in [9.17, 15) is 0 Å². The first-order chi connectivity index (χ1) is 9.95. The third-order valence-electron chi connectivity index (χ3n) is 4.85. The Kier molecular flexibility index (Phi) is 8.30. The summed E-state index contributed by atoms with van der Waals surface area (Å²) in [6.45, 7) is 5.01. The van der Waals surface area contributed by atoms with Gasteiger partial charge in [0, 0.05) is 12.3 Å². The van der Waals surface area contributed by atoms with Gasteiger partial charge < -0.3 is 4.90 Å². The fraction of sp³-hybridized carbons (Fsp3) is 0.944. The van der Waals surface area contributed by atoms with E-state index >= 15 is 0 Å². The average molecular weight is 278 g/mol. The molecular formula is C18H34N2. The molecule has 2 heterocycles. The molecular weight excluding hydrogens is 244 g/mol. The summed E-state index contributed by atoms with van der Waals surface area (Å²) in [7, 11) is 0. The molecule has 2 heteroatoms. The molecule has 2 bridgehead atoms. The van der Waals surface area contributed by atoms with Crippen LogP contribution in [0.3, 0.4) is 0 Å². The molecule has 0 aromatic carbocycles. The molecule has 0 saturated carbocycles. The average Bonchev–Trinajstić information content (AvgIpc) is 2.51. The van der Waals surface area contributed by atoms with Gasteiger partial charge in [-0.3, -0.25) is 4.99 Å². The second-order valence-corrected chi connectivity index (χ2v) is 6.68. The van der Waals surface area contributed by atoms with E-state index < -0.39 is 0 Å². The maximum Gasteiger partial charge on any atom is 0.0400 e. The third kappa shape index (κ3) is 6.88. The van der Waals surface area contributed by atoms with Crippen molar-refractivity contribution in [2.24, 2.45) is 4.99 Å². The van der Waals surface area contributed by atoms with E-state index in [2.05, 4.69) is 4.90 Å². The molecule has 0 aliphatic carbocycles. The monoisotopic (exact) mass is 278 g/mol. The van der Waals surface area contributed by atoms with Gasteiger partial charge in [-0.05, 0) is 64.6 Å². The standard InChI is InChI=1S/C18H34N2/c1-2-4-7-12-18-13-8-6-10-16-20(15-9-5-3-1)17-11-14-19-18/h1-17H2. The van der Waals surface area contributed by atoms with Crippen molar-refractivity contribution >= 4 is 5.71 Å². The molecule has 20 heavy (non-hydrogen) atoms. The molecule has 1 atom stereocenters. The van der Waals surface area contributed by atoms with Crippen molar-refractivity contribution in [1.82, 2.24) is 4.90 Å². The number of hydrogen-bond donors (Lipinski definition) is 0. The first-order valence-corrected chi connectivity index (χ1v) is 9.20. The lowest BCUT2D eigenvalue weighted by Crippen LogP contribution is -2.27. The number of aliphatic imine (C=N–C) groups is 1. The molecule has 0 amide bonds. The summed E-state index contributed by atoms with van der Waals surface area (Å²) in [4.78, 5) is 7.63. The van der Waals surface area contributed by atoms with Gasteiger partial charge in [-0.1, -0.05) is 38.5 Å². The molecule has 0 spiro atoms. The fourth-order valence-electron chi connectivity index (χ4n) is 3.54. The van der Waals surface area contributed by atoms with Crippen molar-refractivity contribution in [3.8, 4) is 0 Å². The van der Waals surface area contributed by atoms with Crippen molar-refractivity contribution in [3.05, 3.63) is 0 Å². The van der Waals surface area contributed by atoms with Crippen LogP contribution >= 0.6 is 0 Å². The molecule has 2 nitrogen and oxygen atoms in total. The van der Waals surface area contributed by atoms with Gasteiger partial charge in [-0.15, -0.1) is 0 Å². The highest BCUT2D eigenvalue weighted by molar-refractivity contribution is 5.84. The van der Waals surface area contributed by atoms with Crippen LogP contribution in [0.2, 0.25) is 0 Å². The quantitative estimate of drug-likeness (QED) is 0.620. The van der Waals surface area contributed by atoms with Crippen molar-refractivity contribution in [1.29, 1.82) is 0 Å². The van der Waals surface area contributed by atoms with Crippen molar-refractivity contribution < 1.29 is 0 Å². The summed E-state index contributed by atoms with van der Waals surface area (Å²) in [5.41, 5.74) is 1.54. The van der Waals surface area contributed by atoms with Crippen LogP contribution < -0.4 is 0 Å². The second-order valence-electron chi connectivity index (χ2n) is 6.68. The van der Waals surface area contributed by atoms with Crippen LogP contribution in [0.1, 0.15) is 83.5 Å². The van der Waals surface area contributed by atoms with E-state index in [0.717, 1.165) is 6.54 Å². The van der Waals surface area contributed by atoms with E-state index in [0.29, 0.717) is 0 Å². The molecule has 0 aromatic heterocycles. The lowest BCUT2D eigenvalue weighted by Gasteiger charge is -2.21. The molecule has 0 N–H and O–H groups in total. The van der Waals surface area contributed by atoms with Crippen LogP contribution in [0, 0.1) is 0 Å². The van der Waals surface area contributed by atoms with Gasteiger partial charge in [0.1, 0.15) is 0 Å². The van der Waals surface area contributed by atoms with Gasteiger partial charge in [0.25, 0.3) is 0 Å². The van der Waals surface area contributed by atoms with Crippen LogP contribution in [-0.2, 0) is 0 Å². The van der Waals surface area contributed by atoms with Crippen molar-refractivity contribution in [2.45, 2.75) is 83.5 Å². The van der Waals surface area contributed by atoms with Crippen LogP contribution in [-0.4, -0.2) is 36.8 Å². The topological polar surface area (TPSA) is 15.6 Å². The molecule has 0 fully saturated rings. The normalized spacial score (nSPS) is 28.4. The minimum Gasteiger partial charge on any atom is -0.303 e. The van der Waals surface area contributed by atoms with E-state index in [4.69, 9.17) is 4.99 Å². The van der Waals surface area contributed by atoms with E-state index in [1.165, 1.54) is 109 Å². The maximum atomic E-state index is 4.92. The maximum absolute atomic E-state index is 4.92. The number of hydrogen-bond acceptors (Lipinski definition) is 2. The molecule has 1 unspecified atom stereocenters. The molecule has 2 rings (SSSR count). The SMILES string of the molecule is C1CCCCC2=NCCCN(CCCC1)CCCCC2. The van der Waals surface area contributed by atoms with Crippen molar-refractivity contribution in [2.75, 3.05) is 26.2 Å². The minimum absolute atomic E-state index is 1.08. The van der Waals surface area contributed by atoms with E-state index in [-0.39, 0.29) is 0 Å². The first-order valence-electron chi connectivity index (χ1n) is 9.20.